The Balaban J connectivity index is 1.54. The third kappa shape index (κ3) is 6.60. The molecular formula is C23H36N6. The molecule has 0 unspecified atom stereocenters. The lowest BCUT2D eigenvalue weighted by molar-refractivity contribution is 0.0982. The summed E-state index contributed by atoms with van der Waals surface area (Å²) in [7, 11) is 0. The van der Waals surface area contributed by atoms with Gasteiger partial charge in [-0.05, 0) is 57.8 Å². The average molecular weight is 397 g/mol. The topological polar surface area (TPSA) is 57.5 Å². The summed E-state index contributed by atoms with van der Waals surface area (Å²) in [5, 5.41) is 6.94. The van der Waals surface area contributed by atoms with E-state index in [1.165, 1.54) is 43.5 Å². The lowest BCUT2D eigenvalue weighted by atomic mass is 9.98. The van der Waals surface area contributed by atoms with Crippen molar-refractivity contribution in [3.8, 4) is 0 Å². The highest BCUT2D eigenvalue weighted by Crippen LogP contribution is 2.19. The number of aromatic nitrogens is 2. The highest BCUT2D eigenvalue weighted by Gasteiger charge is 2.27. The molecule has 6 nitrogen and oxygen atoms in total. The molecule has 0 amide bonds. The van der Waals surface area contributed by atoms with Crippen molar-refractivity contribution in [1.82, 2.24) is 25.1 Å². The summed E-state index contributed by atoms with van der Waals surface area (Å²) in [5.41, 5.74) is 2.61. The number of aliphatic imine (C=N–C) groups is 1. The molecule has 2 N–H and O–H groups in total. The first-order valence-corrected chi connectivity index (χ1v) is 10.9. The van der Waals surface area contributed by atoms with E-state index in [9.17, 15) is 0 Å². The Hall–Kier alpha value is -2.34. The van der Waals surface area contributed by atoms with Crippen molar-refractivity contribution in [3.63, 3.8) is 0 Å². The first-order valence-electron chi connectivity index (χ1n) is 10.9. The molecular weight excluding hydrogens is 360 g/mol. The Labute approximate surface area is 175 Å². The van der Waals surface area contributed by atoms with Crippen molar-refractivity contribution in [2.75, 3.05) is 26.2 Å². The van der Waals surface area contributed by atoms with Gasteiger partial charge >= 0.3 is 0 Å². The molecule has 0 radical (unpaired) electrons. The van der Waals surface area contributed by atoms with Gasteiger partial charge in [-0.1, -0.05) is 30.7 Å². The van der Waals surface area contributed by atoms with Crippen LogP contribution in [0.15, 0.2) is 48.0 Å². The second kappa shape index (κ2) is 10.4. The molecule has 1 saturated heterocycles. The number of rotatable bonds is 8. The van der Waals surface area contributed by atoms with Crippen LogP contribution in [0.2, 0.25) is 0 Å². The first-order chi connectivity index (χ1) is 14.1. The smallest absolute Gasteiger partial charge is 0.191 e. The number of piperidine rings is 1. The van der Waals surface area contributed by atoms with Crippen LogP contribution in [-0.2, 0) is 13.1 Å². The summed E-state index contributed by atoms with van der Waals surface area (Å²) >= 11 is 0. The molecule has 0 spiro atoms. The highest BCUT2D eigenvalue weighted by molar-refractivity contribution is 5.79. The number of guanidine groups is 1. The van der Waals surface area contributed by atoms with Gasteiger partial charge in [0.15, 0.2) is 5.96 Å². The number of likely N-dealkylation sites (tertiary alicyclic amines) is 1. The van der Waals surface area contributed by atoms with Gasteiger partial charge in [-0.2, -0.15) is 0 Å². The number of benzene rings is 1. The van der Waals surface area contributed by atoms with Crippen molar-refractivity contribution in [1.29, 1.82) is 0 Å². The average Bonchev–Trinajstić information content (AvgIpc) is 3.25. The molecule has 0 atom stereocenters. The van der Waals surface area contributed by atoms with E-state index in [-0.39, 0.29) is 5.54 Å². The van der Waals surface area contributed by atoms with Crippen LogP contribution in [0.4, 0.5) is 0 Å². The highest BCUT2D eigenvalue weighted by atomic mass is 15.2. The zero-order valence-electron chi connectivity index (χ0n) is 18.2. The maximum absolute atomic E-state index is 4.80. The Morgan fingerprint density at radius 3 is 2.45 bits per heavy atom. The minimum absolute atomic E-state index is 0.131. The van der Waals surface area contributed by atoms with E-state index in [4.69, 9.17) is 4.99 Å². The van der Waals surface area contributed by atoms with Gasteiger partial charge in [-0.3, -0.25) is 4.90 Å². The molecule has 0 bridgehead atoms. The maximum Gasteiger partial charge on any atom is 0.191 e. The zero-order chi connectivity index (χ0) is 20.5. The maximum atomic E-state index is 4.80. The second-order valence-electron chi connectivity index (χ2n) is 8.46. The fourth-order valence-electron chi connectivity index (χ4n) is 3.76. The standard InChI is InChI=1S/C23H36N6/c1-4-25-22(27-18-23(2,3)29-13-6-5-7-14-29)26-16-20-8-10-21(11-9-20)17-28-15-12-24-19-28/h8-12,15,19H,4-7,13-14,16-18H2,1-3H3,(H2,25,26,27). The second-order valence-corrected chi connectivity index (χ2v) is 8.46. The lowest BCUT2D eigenvalue weighted by Gasteiger charge is -2.41. The van der Waals surface area contributed by atoms with Gasteiger partial charge in [0, 0.05) is 37.6 Å². The normalized spacial score (nSPS) is 16.0. The molecule has 158 valence electrons. The minimum Gasteiger partial charge on any atom is -0.357 e. The van der Waals surface area contributed by atoms with Crippen LogP contribution in [0.25, 0.3) is 0 Å². The molecule has 0 aliphatic carbocycles. The molecule has 6 heteroatoms. The quantitative estimate of drug-likeness (QED) is 0.531. The van der Waals surface area contributed by atoms with Crippen LogP contribution in [0, 0.1) is 0 Å². The van der Waals surface area contributed by atoms with Crippen molar-refractivity contribution in [2.45, 2.75) is 58.7 Å². The Morgan fingerprint density at radius 2 is 1.79 bits per heavy atom. The summed E-state index contributed by atoms with van der Waals surface area (Å²) in [6.07, 6.45) is 9.63. The van der Waals surface area contributed by atoms with Gasteiger partial charge in [-0.15, -0.1) is 0 Å². The van der Waals surface area contributed by atoms with Crippen molar-refractivity contribution in [3.05, 3.63) is 54.1 Å². The van der Waals surface area contributed by atoms with Crippen LogP contribution >= 0.6 is 0 Å². The van der Waals surface area contributed by atoms with E-state index < -0.39 is 0 Å². The van der Waals surface area contributed by atoms with Crippen molar-refractivity contribution < 1.29 is 0 Å². The van der Waals surface area contributed by atoms with E-state index in [0.717, 1.165) is 25.6 Å². The van der Waals surface area contributed by atoms with Gasteiger partial charge in [0.05, 0.1) is 12.9 Å². The molecule has 1 aliphatic rings. The van der Waals surface area contributed by atoms with Gasteiger partial charge < -0.3 is 15.2 Å². The van der Waals surface area contributed by atoms with E-state index in [1.807, 2.05) is 18.7 Å². The number of hydrogen-bond donors (Lipinski definition) is 2. The molecule has 1 fully saturated rings. The van der Waals surface area contributed by atoms with Crippen LogP contribution < -0.4 is 10.6 Å². The van der Waals surface area contributed by atoms with Gasteiger partial charge in [0.25, 0.3) is 0 Å². The summed E-state index contributed by atoms with van der Waals surface area (Å²) < 4.78 is 2.07. The summed E-state index contributed by atoms with van der Waals surface area (Å²) in [6, 6.07) is 8.67. The Kier molecular flexibility index (Phi) is 7.69. The third-order valence-electron chi connectivity index (χ3n) is 5.61. The van der Waals surface area contributed by atoms with Crippen LogP contribution in [0.1, 0.15) is 51.2 Å². The number of nitrogens with one attached hydrogen (secondary N) is 2. The van der Waals surface area contributed by atoms with Crippen LogP contribution in [0.5, 0.6) is 0 Å². The fourth-order valence-corrected chi connectivity index (χ4v) is 3.76. The van der Waals surface area contributed by atoms with Gasteiger partial charge in [-0.25, -0.2) is 9.98 Å². The molecule has 2 heterocycles. The SMILES string of the molecule is CCNC(=NCc1ccc(Cn2ccnc2)cc1)NCC(C)(C)N1CCCCC1. The zero-order valence-corrected chi connectivity index (χ0v) is 18.2. The number of hydrogen-bond acceptors (Lipinski definition) is 3. The third-order valence-corrected chi connectivity index (χ3v) is 5.61. The predicted octanol–water partition coefficient (Wildman–Crippen LogP) is 3.25. The van der Waals surface area contributed by atoms with Crippen LogP contribution in [-0.4, -0.2) is 52.1 Å². The van der Waals surface area contributed by atoms with Crippen LogP contribution in [0.3, 0.4) is 0 Å². The minimum atomic E-state index is 0.131. The number of nitrogens with zero attached hydrogens (tertiary/aromatic N) is 4. The monoisotopic (exact) mass is 396 g/mol. The van der Waals surface area contributed by atoms with Crippen molar-refractivity contribution >= 4 is 5.96 Å². The summed E-state index contributed by atoms with van der Waals surface area (Å²) in [4.78, 5) is 11.5. The summed E-state index contributed by atoms with van der Waals surface area (Å²) in [5.74, 6) is 0.889. The molecule has 1 aromatic carbocycles. The largest absolute Gasteiger partial charge is 0.357 e. The summed E-state index contributed by atoms with van der Waals surface area (Å²) in [6.45, 7) is 12.4. The Morgan fingerprint density at radius 1 is 1.07 bits per heavy atom. The molecule has 1 aromatic heterocycles. The lowest BCUT2D eigenvalue weighted by Crippen LogP contribution is -2.54. The predicted molar refractivity (Wildman–Crippen MR) is 120 cm³/mol. The molecule has 29 heavy (non-hydrogen) atoms. The molecule has 1 aliphatic heterocycles. The Bertz CT molecular complexity index is 742. The first kappa shape index (κ1) is 21.4. The fraction of sp³-hybridized carbons (Fsp3) is 0.565. The number of imidazole rings is 1. The van der Waals surface area contributed by atoms with Crippen molar-refractivity contribution in [2.24, 2.45) is 4.99 Å². The molecule has 0 saturated carbocycles. The van der Waals surface area contributed by atoms with E-state index in [1.54, 1.807) is 0 Å². The van der Waals surface area contributed by atoms with E-state index >= 15 is 0 Å². The molecule has 3 rings (SSSR count). The van der Waals surface area contributed by atoms with E-state index in [2.05, 4.69) is 70.1 Å². The van der Waals surface area contributed by atoms with Gasteiger partial charge in [0.1, 0.15) is 0 Å². The molecule has 2 aromatic rings. The van der Waals surface area contributed by atoms with E-state index in [0.29, 0.717) is 6.54 Å². The van der Waals surface area contributed by atoms with Gasteiger partial charge in [0.2, 0.25) is 0 Å².